The summed E-state index contributed by atoms with van der Waals surface area (Å²) in [6, 6.07) is 1.94. The van der Waals surface area contributed by atoms with Gasteiger partial charge in [0, 0.05) is 11.3 Å². The molecule has 0 saturated carbocycles. The minimum Gasteiger partial charge on any atom is -0.230 e. The summed E-state index contributed by atoms with van der Waals surface area (Å²) in [5.41, 5.74) is 0. The smallest absolute Gasteiger partial charge is 0.118 e. The molecule has 1 aromatic rings. The molecule has 0 spiro atoms. The largest absolute Gasteiger partial charge is 0.230 e. The molecule has 0 aliphatic heterocycles. The number of thioether (sulfide) groups is 1. The lowest BCUT2D eigenvalue weighted by Crippen LogP contribution is -1.93. The molecule has 1 atom stereocenters. The highest BCUT2D eigenvalue weighted by molar-refractivity contribution is 9.10. The minimum atomic E-state index is 0.617. The van der Waals surface area contributed by atoms with Crippen LogP contribution in [0, 0.1) is 0 Å². The molecule has 1 unspecified atom stereocenters. The van der Waals surface area contributed by atoms with Crippen molar-refractivity contribution in [1.82, 2.24) is 9.97 Å². The second kappa shape index (κ2) is 4.82. The first kappa shape index (κ1) is 9.99. The number of nitrogens with zero attached hydrogens (tertiary/aromatic N) is 2. The van der Waals surface area contributed by atoms with Crippen molar-refractivity contribution in [3.05, 3.63) is 17.0 Å². The molecule has 0 aliphatic carbocycles. The molecular formula is C8H11BrN2S. The Morgan fingerprint density at radius 1 is 1.58 bits per heavy atom. The van der Waals surface area contributed by atoms with Crippen LogP contribution < -0.4 is 0 Å². The summed E-state index contributed by atoms with van der Waals surface area (Å²) in [5, 5.41) is 1.65. The summed E-state index contributed by atoms with van der Waals surface area (Å²) in [7, 11) is 0. The van der Waals surface area contributed by atoms with Gasteiger partial charge in [-0.1, -0.05) is 13.8 Å². The van der Waals surface area contributed by atoms with Gasteiger partial charge in [-0.3, -0.25) is 0 Å². The van der Waals surface area contributed by atoms with E-state index in [1.54, 1.807) is 18.1 Å². The monoisotopic (exact) mass is 246 g/mol. The number of halogens is 1. The van der Waals surface area contributed by atoms with E-state index >= 15 is 0 Å². The van der Waals surface area contributed by atoms with Gasteiger partial charge >= 0.3 is 0 Å². The van der Waals surface area contributed by atoms with Crippen LogP contribution in [0.5, 0.6) is 0 Å². The van der Waals surface area contributed by atoms with Crippen LogP contribution in [0.2, 0.25) is 0 Å². The van der Waals surface area contributed by atoms with E-state index < -0.39 is 0 Å². The molecule has 0 bridgehead atoms. The van der Waals surface area contributed by atoms with Gasteiger partial charge in [0.15, 0.2) is 0 Å². The van der Waals surface area contributed by atoms with E-state index in [9.17, 15) is 0 Å². The highest BCUT2D eigenvalue weighted by Crippen LogP contribution is 2.23. The first-order valence-corrected chi connectivity index (χ1v) is 5.54. The van der Waals surface area contributed by atoms with Gasteiger partial charge < -0.3 is 0 Å². The third-order valence-electron chi connectivity index (χ3n) is 1.51. The molecule has 1 rings (SSSR count). The summed E-state index contributed by atoms with van der Waals surface area (Å²) in [4.78, 5) is 8.11. The zero-order valence-electron chi connectivity index (χ0n) is 7.12. The van der Waals surface area contributed by atoms with Crippen molar-refractivity contribution in [2.75, 3.05) is 0 Å². The predicted octanol–water partition coefficient (Wildman–Crippen LogP) is 3.13. The second-order valence-corrected chi connectivity index (χ2v) is 4.79. The first-order valence-electron chi connectivity index (χ1n) is 3.86. The Morgan fingerprint density at radius 3 is 2.92 bits per heavy atom. The molecule has 66 valence electrons. The third kappa shape index (κ3) is 3.11. The van der Waals surface area contributed by atoms with Crippen LogP contribution >= 0.6 is 27.7 Å². The molecule has 12 heavy (non-hydrogen) atoms. The maximum atomic E-state index is 4.15. The standard InChI is InChI=1S/C8H11BrN2S/c1-3-6(2)12-8-4-7(9)10-5-11-8/h4-6H,3H2,1-2H3. The molecule has 0 amide bonds. The van der Waals surface area contributed by atoms with Gasteiger partial charge in [0.25, 0.3) is 0 Å². The first-order chi connectivity index (χ1) is 5.72. The van der Waals surface area contributed by atoms with Gasteiger partial charge in [0.2, 0.25) is 0 Å². The maximum absolute atomic E-state index is 4.15. The molecule has 0 radical (unpaired) electrons. The third-order valence-corrected chi connectivity index (χ3v) is 3.14. The number of hydrogen-bond donors (Lipinski definition) is 0. The van der Waals surface area contributed by atoms with Crippen LogP contribution in [0.25, 0.3) is 0 Å². The van der Waals surface area contributed by atoms with Gasteiger partial charge in [0.05, 0.1) is 0 Å². The zero-order chi connectivity index (χ0) is 8.97. The van der Waals surface area contributed by atoms with Crippen molar-refractivity contribution >= 4 is 27.7 Å². The Bertz CT molecular complexity index is 255. The Hall–Kier alpha value is -0.0900. The fourth-order valence-corrected chi connectivity index (χ4v) is 2.00. The maximum Gasteiger partial charge on any atom is 0.118 e. The molecule has 0 fully saturated rings. The minimum absolute atomic E-state index is 0.617. The van der Waals surface area contributed by atoms with Gasteiger partial charge in [-0.2, -0.15) is 0 Å². The summed E-state index contributed by atoms with van der Waals surface area (Å²) < 4.78 is 0.850. The normalized spacial score (nSPS) is 12.9. The van der Waals surface area contributed by atoms with Crippen LogP contribution in [0.4, 0.5) is 0 Å². The molecule has 2 nitrogen and oxygen atoms in total. The number of aromatic nitrogens is 2. The molecule has 4 heteroatoms. The lowest BCUT2D eigenvalue weighted by Gasteiger charge is -2.06. The van der Waals surface area contributed by atoms with E-state index in [-0.39, 0.29) is 0 Å². The van der Waals surface area contributed by atoms with E-state index in [1.165, 1.54) is 0 Å². The SMILES string of the molecule is CCC(C)Sc1cc(Br)ncn1. The van der Waals surface area contributed by atoms with E-state index in [0.717, 1.165) is 16.0 Å². The zero-order valence-corrected chi connectivity index (χ0v) is 9.52. The van der Waals surface area contributed by atoms with Crippen LogP contribution in [-0.2, 0) is 0 Å². The molecule has 0 aromatic carbocycles. The lowest BCUT2D eigenvalue weighted by atomic mass is 10.4. The topological polar surface area (TPSA) is 25.8 Å². The highest BCUT2D eigenvalue weighted by atomic mass is 79.9. The van der Waals surface area contributed by atoms with Crippen LogP contribution in [0.15, 0.2) is 22.0 Å². The Morgan fingerprint density at radius 2 is 2.33 bits per heavy atom. The van der Waals surface area contributed by atoms with Crippen molar-refractivity contribution in [2.45, 2.75) is 30.5 Å². The number of rotatable bonds is 3. The quantitative estimate of drug-likeness (QED) is 0.606. The molecule has 0 N–H and O–H groups in total. The van der Waals surface area contributed by atoms with E-state index in [2.05, 4.69) is 39.7 Å². The Balaban J connectivity index is 2.63. The van der Waals surface area contributed by atoms with Crippen molar-refractivity contribution < 1.29 is 0 Å². The van der Waals surface area contributed by atoms with Crippen LogP contribution in [0.3, 0.4) is 0 Å². The van der Waals surface area contributed by atoms with Crippen molar-refractivity contribution in [3.63, 3.8) is 0 Å². The van der Waals surface area contributed by atoms with Crippen LogP contribution in [0.1, 0.15) is 20.3 Å². The molecule has 0 aliphatic rings. The van der Waals surface area contributed by atoms with Gasteiger partial charge in [-0.25, -0.2) is 9.97 Å². The van der Waals surface area contributed by atoms with Crippen LogP contribution in [-0.4, -0.2) is 15.2 Å². The van der Waals surface area contributed by atoms with Gasteiger partial charge in [-0.15, -0.1) is 11.8 Å². The summed E-state index contributed by atoms with van der Waals surface area (Å²) >= 11 is 5.09. The van der Waals surface area contributed by atoms with Gasteiger partial charge in [0.1, 0.15) is 16.0 Å². The average molecular weight is 247 g/mol. The van der Waals surface area contributed by atoms with E-state index in [0.29, 0.717) is 5.25 Å². The fourth-order valence-electron chi connectivity index (χ4n) is 0.671. The summed E-state index contributed by atoms with van der Waals surface area (Å²) in [5.74, 6) is 0. The Labute approximate surface area is 85.3 Å². The fraction of sp³-hybridized carbons (Fsp3) is 0.500. The van der Waals surface area contributed by atoms with Crippen molar-refractivity contribution in [2.24, 2.45) is 0 Å². The number of hydrogen-bond acceptors (Lipinski definition) is 3. The highest BCUT2D eigenvalue weighted by Gasteiger charge is 2.02. The van der Waals surface area contributed by atoms with E-state index in [4.69, 9.17) is 0 Å². The molecule has 1 heterocycles. The molecular weight excluding hydrogens is 236 g/mol. The molecule has 1 aromatic heterocycles. The molecule has 0 saturated heterocycles. The Kier molecular flexibility index (Phi) is 4.01. The van der Waals surface area contributed by atoms with E-state index in [1.807, 2.05) is 6.07 Å². The summed E-state index contributed by atoms with van der Waals surface area (Å²) in [6.45, 7) is 4.37. The summed E-state index contributed by atoms with van der Waals surface area (Å²) in [6.07, 6.45) is 2.74. The predicted molar refractivity (Wildman–Crippen MR) is 55.3 cm³/mol. The average Bonchev–Trinajstić information content (AvgIpc) is 2.04. The van der Waals surface area contributed by atoms with Crippen molar-refractivity contribution in [3.8, 4) is 0 Å². The van der Waals surface area contributed by atoms with Gasteiger partial charge in [-0.05, 0) is 22.4 Å². The van der Waals surface area contributed by atoms with Crippen molar-refractivity contribution in [1.29, 1.82) is 0 Å². The lowest BCUT2D eigenvalue weighted by molar-refractivity contribution is 0.898. The second-order valence-electron chi connectivity index (χ2n) is 2.52.